The summed E-state index contributed by atoms with van der Waals surface area (Å²) in [6.07, 6.45) is 0. The third-order valence-electron chi connectivity index (χ3n) is 2.94. The highest BCUT2D eigenvalue weighted by atomic mass is 32.1. The predicted octanol–water partition coefficient (Wildman–Crippen LogP) is 3.19. The van der Waals surface area contributed by atoms with Crippen molar-refractivity contribution in [1.82, 2.24) is 5.32 Å². The molecular formula is C16H20N2OS. The molecule has 3 N–H and O–H groups in total. The van der Waals surface area contributed by atoms with E-state index >= 15 is 0 Å². The highest BCUT2D eigenvalue weighted by molar-refractivity contribution is 7.12. The van der Waals surface area contributed by atoms with E-state index in [9.17, 15) is 4.79 Å². The molecule has 0 radical (unpaired) electrons. The predicted molar refractivity (Wildman–Crippen MR) is 85.1 cm³/mol. The highest BCUT2D eigenvalue weighted by Crippen LogP contribution is 2.28. The van der Waals surface area contributed by atoms with E-state index in [2.05, 4.69) is 17.4 Å². The van der Waals surface area contributed by atoms with Crippen molar-refractivity contribution in [2.45, 2.75) is 26.3 Å². The van der Waals surface area contributed by atoms with Crippen molar-refractivity contribution in [3.8, 4) is 11.1 Å². The van der Waals surface area contributed by atoms with Crippen LogP contribution in [0.4, 0.5) is 0 Å². The topological polar surface area (TPSA) is 55.1 Å². The molecule has 0 aliphatic carbocycles. The Hall–Kier alpha value is -1.65. The molecule has 0 saturated carbocycles. The molecule has 0 atom stereocenters. The molecule has 106 valence electrons. The van der Waals surface area contributed by atoms with Gasteiger partial charge in [0.25, 0.3) is 5.91 Å². The van der Waals surface area contributed by atoms with Crippen molar-refractivity contribution in [3.63, 3.8) is 0 Å². The van der Waals surface area contributed by atoms with Gasteiger partial charge in [-0.1, -0.05) is 29.8 Å². The second-order valence-corrected chi connectivity index (χ2v) is 6.62. The lowest BCUT2D eigenvalue weighted by Gasteiger charge is -2.18. The smallest absolute Gasteiger partial charge is 0.262 e. The van der Waals surface area contributed by atoms with E-state index in [1.54, 1.807) is 0 Å². The van der Waals surface area contributed by atoms with Crippen molar-refractivity contribution in [2.24, 2.45) is 5.73 Å². The number of nitrogens with two attached hydrogens (primary N) is 1. The fourth-order valence-electron chi connectivity index (χ4n) is 1.83. The van der Waals surface area contributed by atoms with Gasteiger partial charge in [-0.3, -0.25) is 4.79 Å². The lowest BCUT2D eigenvalue weighted by Crippen LogP contribution is -2.45. The quantitative estimate of drug-likeness (QED) is 0.907. The number of aryl methyl sites for hydroxylation is 1. The largest absolute Gasteiger partial charge is 0.349 e. The Labute approximate surface area is 123 Å². The number of nitrogens with one attached hydrogen (secondary N) is 1. The van der Waals surface area contributed by atoms with E-state index in [-0.39, 0.29) is 5.91 Å². The van der Waals surface area contributed by atoms with Gasteiger partial charge >= 0.3 is 0 Å². The first-order valence-electron chi connectivity index (χ1n) is 6.58. The number of amides is 1. The number of hydrogen-bond donors (Lipinski definition) is 2. The summed E-state index contributed by atoms with van der Waals surface area (Å²) in [6, 6.07) is 10.2. The molecule has 1 heterocycles. The lowest BCUT2D eigenvalue weighted by molar-refractivity contribution is 0.0950. The van der Waals surface area contributed by atoms with Gasteiger partial charge in [0.1, 0.15) is 0 Å². The summed E-state index contributed by atoms with van der Waals surface area (Å²) in [6.45, 7) is 6.29. The van der Waals surface area contributed by atoms with Crippen LogP contribution in [0.15, 0.2) is 35.7 Å². The van der Waals surface area contributed by atoms with Crippen LogP contribution in [0.5, 0.6) is 0 Å². The van der Waals surface area contributed by atoms with Crippen molar-refractivity contribution >= 4 is 17.2 Å². The molecule has 3 nitrogen and oxygen atoms in total. The summed E-state index contributed by atoms with van der Waals surface area (Å²) in [5, 5.41) is 4.84. The zero-order chi connectivity index (χ0) is 14.8. The molecule has 1 aromatic carbocycles. The van der Waals surface area contributed by atoms with Crippen LogP contribution in [0.25, 0.3) is 11.1 Å². The van der Waals surface area contributed by atoms with Gasteiger partial charge in [0.05, 0.1) is 4.88 Å². The van der Waals surface area contributed by atoms with Crippen LogP contribution in [0, 0.1) is 6.92 Å². The molecular weight excluding hydrogens is 268 g/mol. The Morgan fingerprint density at radius 3 is 2.50 bits per heavy atom. The standard InChI is InChI=1S/C16H20N2OS/c1-11-4-6-12(7-5-11)13-8-9-20-14(13)15(19)18-10-16(2,3)17/h4-9H,10,17H2,1-3H3,(H,18,19). The van der Waals surface area contributed by atoms with E-state index < -0.39 is 5.54 Å². The third-order valence-corrected chi connectivity index (χ3v) is 3.85. The van der Waals surface area contributed by atoms with Crippen LogP contribution in [-0.4, -0.2) is 18.0 Å². The molecule has 2 aromatic rings. The van der Waals surface area contributed by atoms with Gasteiger partial charge in [0, 0.05) is 17.6 Å². The van der Waals surface area contributed by atoms with Gasteiger partial charge in [0.15, 0.2) is 0 Å². The van der Waals surface area contributed by atoms with E-state index in [1.165, 1.54) is 16.9 Å². The van der Waals surface area contributed by atoms with Crippen LogP contribution in [-0.2, 0) is 0 Å². The average Bonchev–Trinajstić information content (AvgIpc) is 2.85. The summed E-state index contributed by atoms with van der Waals surface area (Å²) in [5.74, 6) is -0.0610. The zero-order valence-electron chi connectivity index (χ0n) is 12.1. The van der Waals surface area contributed by atoms with E-state index in [0.29, 0.717) is 6.54 Å². The minimum absolute atomic E-state index is 0.0610. The number of carbonyl (C=O) groups excluding carboxylic acids is 1. The van der Waals surface area contributed by atoms with Crippen molar-refractivity contribution in [2.75, 3.05) is 6.54 Å². The van der Waals surface area contributed by atoms with Gasteiger partial charge in [-0.05, 0) is 37.8 Å². The van der Waals surface area contributed by atoms with Crippen LogP contribution in [0.3, 0.4) is 0 Å². The van der Waals surface area contributed by atoms with Crippen molar-refractivity contribution in [3.05, 3.63) is 46.2 Å². The number of benzene rings is 1. The summed E-state index contributed by atoms with van der Waals surface area (Å²) in [7, 11) is 0. The first kappa shape index (κ1) is 14.8. The minimum atomic E-state index is -0.406. The molecule has 1 amide bonds. The summed E-state index contributed by atoms with van der Waals surface area (Å²) >= 11 is 1.45. The maximum atomic E-state index is 12.3. The molecule has 0 fully saturated rings. The second kappa shape index (κ2) is 5.77. The monoisotopic (exact) mass is 288 g/mol. The van der Waals surface area contributed by atoms with Crippen LogP contribution in [0.2, 0.25) is 0 Å². The molecule has 2 rings (SSSR count). The second-order valence-electron chi connectivity index (χ2n) is 5.70. The third kappa shape index (κ3) is 3.68. The van der Waals surface area contributed by atoms with Crippen LogP contribution >= 0.6 is 11.3 Å². The highest BCUT2D eigenvalue weighted by Gasteiger charge is 2.17. The number of thiophene rings is 1. The Morgan fingerprint density at radius 2 is 1.90 bits per heavy atom. The molecule has 4 heteroatoms. The fraction of sp³-hybridized carbons (Fsp3) is 0.312. The molecule has 0 spiro atoms. The molecule has 0 bridgehead atoms. The average molecular weight is 288 g/mol. The molecule has 0 saturated heterocycles. The van der Waals surface area contributed by atoms with Gasteiger partial charge in [-0.2, -0.15) is 0 Å². The zero-order valence-corrected chi connectivity index (χ0v) is 12.9. The fourth-order valence-corrected chi connectivity index (χ4v) is 2.67. The lowest BCUT2D eigenvalue weighted by atomic mass is 10.0. The van der Waals surface area contributed by atoms with Gasteiger partial charge in [-0.25, -0.2) is 0 Å². The van der Waals surface area contributed by atoms with E-state index in [0.717, 1.165) is 16.0 Å². The molecule has 1 aromatic heterocycles. The van der Waals surface area contributed by atoms with Crippen LogP contribution in [0.1, 0.15) is 29.1 Å². The summed E-state index contributed by atoms with van der Waals surface area (Å²) in [5.41, 5.74) is 8.73. The van der Waals surface area contributed by atoms with Crippen molar-refractivity contribution in [1.29, 1.82) is 0 Å². The Kier molecular flexibility index (Phi) is 4.26. The summed E-state index contributed by atoms with van der Waals surface area (Å²) < 4.78 is 0. The Balaban J connectivity index is 2.20. The number of hydrogen-bond acceptors (Lipinski definition) is 3. The number of rotatable bonds is 4. The first-order chi connectivity index (χ1) is 9.37. The van der Waals surface area contributed by atoms with Crippen molar-refractivity contribution < 1.29 is 4.79 Å². The van der Waals surface area contributed by atoms with Gasteiger partial charge in [0.2, 0.25) is 0 Å². The molecule has 0 unspecified atom stereocenters. The summed E-state index contributed by atoms with van der Waals surface area (Å²) in [4.78, 5) is 13.0. The Bertz CT molecular complexity index is 594. The Morgan fingerprint density at radius 1 is 1.25 bits per heavy atom. The SMILES string of the molecule is Cc1ccc(-c2ccsc2C(=O)NCC(C)(C)N)cc1. The number of carbonyl (C=O) groups is 1. The van der Waals surface area contributed by atoms with E-state index in [4.69, 9.17) is 5.73 Å². The van der Waals surface area contributed by atoms with Crippen LogP contribution < -0.4 is 11.1 Å². The molecule has 20 heavy (non-hydrogen) atoms. The minimum Gasteiger partial charge on any atom is -0.349 e. The maximum Gasteiger partial charge on any atom is 0.262 e. The van der Waals surface area contributed by atoms with Gasteiger partial charge in [-0.15, -0.1) is 11.3 Å². The normalized spacial score (nSPS) is 11.4. The first-order valence-corrected chi connectivity index (χ1v) is 7.46. The van der Waals surface area contributed by atoms with E-state index in [1.807, 2.05) is 44.4 Å². The maximum absolute atomic E-state index is 12.3. The molecule has 0 aliphatic rings. The molecule has 0 aliphatic heterocycles. The van der Waals surface area contributed by atoms with Gasteiger partial charge < -0.3 is 11.1 Å².